The Labute approximate surface area is 146 Å². The molecule has 2 rings (SSSR count). The Morgan fingerprint density at radius 2 is 1.67 bits per heavy atom. The molecule has 0 spiro atoms. The average Bonchev–Trinajstić information content (AvgIpc) is 2.59. The molecule has 1 saturated heterocycles. The molecule has 0 aromatic rings. The number of nitrogens with two attached hydrogens (primary N) is 1. The highest BCUT2D eigenvalue weighted by Gasteiger charge is 2.28. The zero-order valence-electron chi connectivity index (χ0n) is 15.5. The van der Waals surface area contributed by atoms with E-state index in [-0.39, 0.29) is 24.3 Å². The number of nitrogens with zero attached hydrogens (tertiary/aromatic N) is 2. The molecule has 138 valence electrons. The molecular weight excluding hydrogens is 304 g/mol. The Morgan fingerprint density at radius 3 is 2.21 bits per heavy atom. The van der Waals surface area contributed by atoms with Gasteiger partial charge in [0, 0.05) is 32.2 Å². The van der Waals surface area contributed by atoms with Gasteiger partial charge in [-0.3, -0.25) is 14.5 Å². The molecule has 1 aliphatic heterocycles. The molecule has 0 unspecified atom stereocenters. The van der Waals surface area contributed by atoms with E-state index in [9.17, 15) is 9.59 Å². The summed E-state index contributed by atoms with van der Waals surface area (Å²) in [6.07, 6.45) is 5.23. The van der Waals surface area contributed by atoms with Crippen LogP contribution in [0.2, 0.25) is 0 Å². The first-order chi connectivity index (χ1) is 11.4. The van der Waals surface area contributed by atoms with Crippen molar-refractivity contribution < 1.29 is 9.59 Å². The predicted molar refractivity (Wildman–Crippen MR) is 95.4 cm³/mol. The van der Waals surface area contributed by atoms with Crippen molar-refractivity contribution in [2.45, 2.75) is 58.5 Å². The summed E-state index contributed by atoms with van der Waals surface area (Å²) in [7, 11) is 0. The first-order valence-electron chi connectivity index (χ1n) is 9.43. The fourth-order valence-corrected chi connectivity index (χ4v) is 3.64. The van der Waals surface area contributed by atoms with E-state index < -0.39 is 6.04 Å². The van der Waals surface area contributed by atoms with Crippen molar-refractivity contribution in [3.8, 4) is 0 Å². The second-order valence-corrected chi connectivity index (χ2v) is 7.82. The fraction of sp³-hybridized carbons (Fsp3) is 0.889. The van der Waals surface area contributed by atoms with Gasteiger partial charge in [0.2, 0.25) is 11.8 Å². The van der Waals surface area contributed by atoms with Crippen LogP contribution < -0.4 is 11.1 Å². The molecule has 1 heterocycles. The van der Waals surface area contributed by atoms with Gasteiger partial charge in [0.25, 0.3) is 0 Å². The van der Waals surface area contributed by atoms with Gasteiger partial charge in [0.1, 0.15) is 0 Å². The molecule has 3 N–H and O–H groups in total. The Morgan fingerprint density at radius 1 is 1.08 bits per heavy atom. The molecule has 1 aliphatic carbocycles. The van der Waals surface area contributed by atoms with Gasteiger partial charge in [-0.25, -0.2) is 0 Å². The monoisotopic (exact) mass is 338 g/mol. The highest BCUT2D eigenvalue weighted by atomic mass is 16.2. The number of rotatable bonds is 5. The zero-order chi connectivity index (χ0) is 17.7. The van der Waals surface area contributed by atoms with Crippen molar-refractivity contribution in [2.75, 3.05) is 32.7 Å². The Bertz CT molecular complexity index is 425. The lowest BCUT2D eigenvalue weighted by Gasteiger charge is -2.41. The van der Waals surface area contributed by atoms with Crippen LogP contribution in [0, 0.1) is 11.8 Å². The minimum atomic E-state index is -0.552. The highest BCUT2D eigenvalue weighted by molar-refractivity contribution is 5.87. The lowest BCUT2D eigenvalue weighted by molar-refractivity contribution is -0.135. The smallest absolute Gasteiger partial charge is 0.242 e. The van der Waals surface area contributed by atoms with Crippen molar-refractivity contribution in [3.05, 3.63) is 0 Å². The molecule has 6 heteroatoms. The zero-order valence-corrected chi connectivity index (χ0v) is 15.5. The number of carbonyl (C=O) groups excluding carboxylic acids is 2. The van der Waals surface area contributed by atoms with Gasteiger partial charge >= 0.3 is 0 Å². The number of hydrogen-bond donors (Lipinski definition) is 2. The van der Waals surface area contributed by atoms with Crippen LogP contribution in [-0.2, 0) is 9.59 Å². The van der Waals surface area contributed by atoms with E-state index in [1.165, 1.54) is 25.7 Å². The standard InChI is InChI=1S/C18H34N4O2/c1-13(2)17(19)18(24)20-12-16(23)22-10-8-21(9-11-22)15-6-4-14(3)5-7-15/h13-15,17H,4-12,19H2,1-3H3,(H,20,24)/t14?,15?,17-/m0/s1. The van der Waals surface area contributed by atoms with Gasteiger partial charge in [0.05, 0.1) is 12.6 Å². The molecule has 2 fully saturated rings. The van der Waals surface area contributed by atoms with E-state index in [2.05, 4.69) is 17.1 Å². The predicted octanol–water partition coefficient (Wildman–Crippen LogP) is 0.809. The van der Waals surface area contributed by atoms with Gasteiger partial charge in [-0.2, -0.15) is 0 Å². The van der Waals surface area contributed by atoms with Gasteiger partial charge in [0.15, 0.2) is 0 Å². The molecule has 0 aromatic heterocycles. The maximum Gasteiger partial charge on any atom is 0.242 e. The van der Waals surface area contributed by atoms with Crippen molar-refractivity contribution >= 4 is 11.8 Å². The number of nitrogens with one attached hydrogen (secondary N) is 1. The van der Waals surface area contributed by atoms with Crippen LogP contribution in [0.5, 0.6) is 0 Å². The average molecular weight is 338 g/mol. The molecule has 2 amide bonds. The number of amides is 2. The minimum Gasteiger partial charge on any atom is -0.346 e. The second kappa shape index (κ2) is 8.81. The van der Waals surface area contributed by atoms with Crippen molar-refractivity contribution in [1.82, 2.24) is 15.1 Å². The Kier molecular flexibility index (Phi) is 7.04. The number of piperazine rings is 1. The SMILES string of the molecule is CC1CCC(N2CCN(C(=O)CNC(=O)[C@@H](N)C(C)C)CC2)CC1. The molecule has 2 aliphatic rings. The molecule has 0 radical (unpaired) electrons. The summed E-state index contributed by atoms with van der Waals surface area (Å²) >= 11 is 0. The van der Waals surface area contributed by atoms with Crippen LogP contribution in [0.4, 0.5) is 0 Å². The van der Waals surface area contributed by atoms with Gasteiger partial charge in [-0.1, -0.05) is 20.8 Å². The summed E-state index contributed by atoms with van der Waals surface area (Å²) in [5, 5.41) is 2.67. The topological polar surface area (TPSA) is 78.7 Å². The third kappa shape index (κ3) is 5.18. The van der Waals surface area contributed by atoms with Gasteiger partial charge < -0.3 is 16.0 Å². The van der Waals surface area contributed by atoms with Crippen LogP contribution >= 0.6 is 0 Å². The van der Waals surface area contributed by atoms with E-state index >= 15 is 0 Å². The van der Waals surface area contributed by atoms with Gasteiger partial charge in [-0.15, -0.1) is 0 Å². The van der Waals surface area contributed by atoms with Crippen molar-refractivity contribution in [3.63, 3.8) is 0 Å². The van der Waals surface area contributed by atoms with Crippen LogP contribution in [-0.4, -0.2) is 66.4 Å². The lowest BCUT2D eigenvalue weighted by atomic mass is 9.86. The minimum absolute atomic E-state index is 0.00350. The van der Waals surface area contributed by atoms with E-state index in [1.54, 1.807) is 0 Å². The van der Waals surface area contributed by atoms with E-state index in [0.717, 1.165) is 32.1 Å². The van der Waals surface area contributed by atoms with E-state index in [1.807, 2.05) is 18.7 Å². The summed E-state index contributed by atoms with van der Waals surface area (Å²) in [5.41, 5.74) is 5.79. The van der Waals surface area contributed by atoms with E-state index in [0.29, 0.717) is 6.04 Å². The molecule has 0 bridgehead atoms. The normalized spacial score (nSPS) is 27.1. The van der Waals surface area contributed by atoms with Gasteiger partial charge in [-0.05, 0) is 37.5 Å². The summed E-state index contributed by atoms with van der Waals surface area (Å²) in [4.78, 5) is 28.5. The van der Waals surface area contributed by atoms with Crippen molar-refractivity contribution in [1.29, 1.82) is 0 Å². The largest absolute Gasteiger partial charge is 0.346 e. The summed E-state index contributed by atoms with van der Waals surface area (Å²) in [6.45, 7) is 9.61. The maximum absolute atomic E-state index is 12.3. The summed E-state index contributed by atoms with van der Waals surface area (Å²) in [6, 6.07) is 0.144. The first kappa shape index (κ1) is 19.2. The molecule has 1 atom stereocenters. The molecular formula is C18H34N4O2. The third-order valence-electron chi connectivity index (χ3n) is 5.60. The third-order valence-corrected chi connectivity index (χ3v) is 5.60. The second-order valence-electron chi connectivity index (χ2n) is 7.82. The Hall–Kier alpha value is -1.14. The van der Waals surface area contributed by atoms with Crippen LogP contribution in [0.3, 0.4) is 0 Å². The summed E-state index contributed by atoms with van der Waals surface area (Å²) in [5.74, 6) is 0.691. The maximum atomic E-state index is 12.3. The number of hydrogen-bond acceptors (Lipinski definition) is 4. The summed E-state index contributed by atoms with van der Waals surface area (Å²) < 4.78 is 0. The lowest BCUT2D eigenvalue weighted by Crippen LogP contribution is -2.55. The van der Waals surface area contributed by atoms with Crippen LogP contribution in [0.25, 0.3) is 0 Å². The number of carbonyl (C=O) groups is 2. The van der Waals surface area contributed by atoms with Crippen LogP contribution in [0.15, 0.2) is 0 Å². The first-order valence-corrected chi connectivity index (χ1v) is 9.43. The molecule has 1 saturated carbocycles. The van der Waals surface area contributed by atoms with E-state index in [4.69, 9.17) is 5.73 Å². The highest BCUT2D eigenvalue weighted by Crippen LogP contribution is 2.27. The molecule has 0 aromatic carbocycles. The fourth-order valence-electron chi connectivity index (χ4n) is 3.64. The quantitative estimate of drug-likeness (QED) is 0.777. The molecule has 24 heavy (non-hydrogen) atoms. The van der Waals surface area contributed by atoms with Crippen molar-refractivity contribution in [2.24, 2.45) is 17.6 Å². The molecule has 6 nitrogen and oxygen atoms in total. The van der Waals surface area contributed by atoms with Crippen LogP contribution in [0.1, 0.15) is 46.5 Å². The Balaban J connectivity index is 1.70.